The van der Waals surface area contributed by atoms with Crippen molar-refractivity contribution in [2.75, 3.05) is 13.1 Å². The second-order valence-corrected chi connectivity index (χ2v) is 3.56. The first-order valence-electron chi connectivity index (χ1n) is 5.21. The lowest BCUT2D eigenvalue weighted by atomic mass is 9.87. The third kappa shape index (κ3) is 1.38. The zero-order valence-corrected chi connectivity index (χ0v) is 9.09. The summed E-state index contributed by atoms with van der Waals surface area (Å²) < 4.78 is 0. The topological polar surface area (TPSA) is 49.4 Å². The highest BCUT2D eigenvalue weighted by Crippen LogP contribution is 2.26. The highest BCUT2D eigenvalue weighted by atomic mass is 16.2. The first-order valence-corrected chi connectivity index (χ1v) is 5.21. The van der Waals surface area contributed by atoms with Crippen molar-refractivity contribution in [3.05, 3.63) is 0 Å². The maximum absolute atomic E-state index is 11.8. The van der Waals surface area contributed by atoms with E-state index in [2.05, 4.69) is 5.32 Å². The molecule has 4 nitrogen and oxygen atoms in total. The molecule has 0 saturated carbocycles. The smallest absolute Gasteiger partial charge is 0.246 e. The molecule has 1 fully saturated rings. The van der Waals surface area contributed by atoms with Crippen molar-refractivity contribution in [3.8, 4) is 0 Å². The highest BCUT2D eigenvalue weighted by molar-refractivity contribution is 5.97. The molecule has 1 N–H and O–H groups in total. The quantitative estimate of drug-likeness (QED) is 0.719. The number of piperazine rings is 1. The molecule has 1 rings (SSSR count). The van der Waals surface area contributed by atoms with Crippen molar-refractivity contribution in [2.45, 2.75) is 39.2 Å². The van der Waals surface area contributed by atoms with Crippen molar-refractivity contribution in [3.63, 3.8) is 0 Å². The SMILES string of the molecule is CCN1C(=O)CNC(=O)C1(CC)CC. The van der Waals surface area contributed by atoms with Crippen molar-refractivity contribution in [2.24, 2.45) is 0 Å². The zero-order valence-electron chi connectivity index (χ0n) is 9.09. The lowest BCUT2D eigenvalue weighted by Crippen LogP contribution is -2.66. The van der Waals surface area contributed by atoms with Crippen LogP contribution >= 0.6 is 0 Å². The molecular weight excluding hydrogens is 180 g/mol. The number of nitrogens with zero attached hydrogens (tertiary/aromatic N) is 1. The lowest BCUT2D eigenvalue weighted by molar-refractivity contribution is -0.154. The van der Waals surface area contributed by atoms with Crippen molar-refractivity contribution in [1.82, 2.24) is 10.2 Å². The fraction of sp³-hybridized carbons (Fsp3) is 0.800. The summed E-state index contributed by atoms with van der Waals surface area (Å²) in [7, 11) is 0. The molecular formula is C10H18N2O2. The minimum atomic E-state index is -0.607. The summed E-state index contributed by atoms with van der Waals surface area (Å²) in [6.07, 6.45) is 1.35. The van der Waals surface area contributed by atoms with Gasteiger partial charge in [-0.15, -0.1) is 0 Å². The van der Waals surface area contributed by atoms with E-state index in [1.54, 1.807) is 4.90 Å². The first-order chi connectivity index (χ1) is 6.62. The molecule has 0 spiro atoms. The van der Waals surface area contributed by atoms with E-state index in [0.29, 0.717) is 19.4 Å². The molecule has 1 aliphatic rings. The average Bonchev–Trinajstić information content (AvgIpc) is 2.21. The molecule has 4 heteroatoms. The second kappa shape index (κ2) is 3.98. The van der Waals surface area contributed by atoms with E-state index in [4.69, 9.17) is 0 Å². The molecule has 1 heterocycles. The maximum atomic E-state index is 11.8. The van der Waals surface area contributed by atoms with Crippen LogP contribution in [0.5, 0.6) is 0 Å². The van der Waals surface area contributed by atoms with Gasteiger partial charge in [-0.1, -0.05) is 13.8 Å². The Bertz CT molecular complexity index is 247. The molecule has 0 aromatic carbocycles. The summed E-state index contributed by atoms with van der Waals surface area (Å²) in [6, 6.07) is 0. The molecule has 0 bridgehead atoms. The van der Waals surface area contributed by atoms with Gasteiger partial charge in [-0.3, -0.25) is 9.59 Å². The normalized spacial score (nSPS) is 20.9. The van der Waals surface area contributed by atoms with Gasteiger partial charge in [-0.2, -0.15) is 0 Å². The largest absolute Gasteiger partial charge is 0.345 e. The molecule has 0 unspecified atom stereocenters. The van der Waals surface area contributed by atoms with Gasteiger partial charge in [0.1, 0.15) is 5.54 Å². The Morgan fingerprint density at radius 1 is 1.29 bits per heavy atom. The van der Waals surface area contributed by atoms with E-state index >= 15 is 0 Å². The fourth-order valence-corrected chi connectivity index (χ4v) is 2.21. The average molecular weight is 198 g/mol. The van der Waals surface area contributed by atoms with Gasteiger partial charge in [0.05, 0.1) is 6.54 Å². The van der Waals surface area contributed by atoms with Gasteiger partial charge in [-0.05, 0) is 19.8 Å². The van der Waals surface area contributed by atoms with Gasteiger partial charge in [0, 0.05) is 6.54 Å². The maximum Gasteiger partial charge on any atom is 0.246 e. The van der Waals surface area contributed by atoms with E-state index in [9.17, 15) is 9.59 Å². The third-order valence-electron chi connectivity index (χ3n) is 3.13. The van der Waals surface area contributed by atoms with Crippen LogP contribution in [-0.4, -0.2) is 35.3 Å². The molecule has 2 amide bonds. The lowest BCUT2D eigenvalue weighted by Gasteiger charge is -2.44. The number of rotatable bonds is 3. The van der Waals surface area contributed by atoms with Gasteiger partial charge in [0.2, 0.25) is 11.8 Å². The molecule has 0 aliphatic carbocycles. The summed E-state index contributed by atoms with van der Waals surface area (Å²) in [6.45, 7) is 6.56. The van der Waals surface area contributed by atoms with E-state index in [0.717, 1.165) is 0 Å². The number of carbonyl (C=O) groups is 2. The number of amides is 2. The minimum absolute atomic E-state index is 0.0102. The molecule has 1 aliphatic heterocycles. The Hall–Kier alpha value is -1.06. The van der Waals surface area contributed by atoms with Crippen molar-refractivity contribution in [1.29, 1.82) is 0 Å². The molecule has 0 radical (unpaired) electrons. The number of likely N-dealkylation sites (N-methyl/N-ethyl adjacent to an activating group) is 1. The van der Waals surface area contributed by atoms with E-state index in [1.165, 1.54) is 0 Å². The molecule has 80 valence electrons. The van der Waals surface area contributed by atoms with E-state index in [1.807, 2.05) is 20.8 Å². The van der Waals surface area contributed by atoms with Gasteiger partial charge in [0.15, 0.2) is 0 Å². The van der Waals surface area contributed by atoms with Crippen LogP contribution < -0.4 is 5.32 Å². The fourth-order valence-electron chi connectivity index (χ4n) is 2.21. The van der Waals surface area contributed by atoms with Gasteiger partial charge < -0.3 is 10.2 Å². The molecule has 1 saturated heterocycles. The summed E-state index contributed by atoms with van der Waals surface area (Å²) in [5.74, 6) is 0.0137. The summed E-state index contributed by atoms with van der Waals surface area (Å²) in [5.41, 5.74) is -0.607. The van der Waals surface area contributed by atoms with Crippen LogP contribution in [0.25, 0.3) is 0 Å². The zero-order chi connectivity index (χ0) is 10.8. The number of hydrogen-bond acceptors (Lipinski definition) is 2. The van der Waals surface area contributed by atoms with Crippen LogP contribution in [0.4, 0.5) is 0 Å². The summed E-state index contributed by atoms with van der Waals surface area (Å²) in [4.78, 5) is 25.1. The van der Waals surface area contributed by atoms with Crippen LogP contribution in [0.15, 0.2) is 0 Å². The first kappa shape index (κ1) is 11.0. The number of nitrogens with one attached hydrogen (secondary N) is 1. The van der Waals surface area contributed by atoms with Crippen molar-refractivity contribution < 1.29 is 9.59 Å². The Labute approximate surface area is 84.7 Å². The van der Waals surface area contributed by atoms with Crippen molar-refractivity contribution >= 4 is 11.8 Å². The van der Waals surface area contributed by atoms with E-state index < -0.39 is 5.54 Å². The number of carbonyl (C=O) groups excluding carboxylic acids is 2. The van der Waals surface area contributed by atoms with Crippen LogP contribution in [0.2, 0.25) is 0 Å². The minimum Gasteiger partial charge on any atom is -0.345 e. The third-order valence-corrected chi connectivity index (χ3v) is 3.13. The predicted molar refractivity (Wildman–Crippen MR) is 53.7 cm³/mol. The van der Waals surface area contributed by atoms with Crippen LogP contribution in [-0.2, 0) is 9.59 Å². The molecule has 0 atom stereocenters. The monoisotopic (exact) mass is 198 g/mol. The molecule has 0 aromatic heterocycles. The second-order valence-electron chi connectivity index (χ2n) is 3.56. The Balaban J connectivity index is 3.04. The standard InChI is InChI=1S/C10H18N2O2/c1-4-10(5-2)9(14)11-7-8(13)12(10)6-3/h4-7H2,1-3H3,(H,11,14). The van der Waals surface area contributed by atoms with Crippen LogP contribution in [0.1, 0.15) is 33.6 Å². The molecule has 14 heavy (non-hydrogen) atoms. The Morgan fingerprint density at radius 3 is 2.21 bits per heavy atom. The van der Waals surface area contributed by atoms with Gasteiger partial charge in [-0.25, -0.2) is 0 Å². The Kier molecular flexibility index (Phi) is 3.13. The van der Waals surface area contributed by atoms with Gasteiger partial charge in [0.25, 0.3) is 0 Å². The van der Waals surface area contributed by atoms with Crippen LogP contribution in [0, 0.1) is 0 Å². The number of hydrogen-bond donors (Lipinski definition) is 1. The highest BCUT2D eigenvalue weighted by Gasteiger charge is 2.45. The van der Waals surface area contributed by atoms with Gasteiger partial charge >= 0.3 is 0 Å². The summed E-state index contributed by atoms with van der Waals surface area (Å²) in [5, 5.41) is 2.66. The Morgan fingerprint density at radius 2 is 1.86 bits per heavy atom. The van der Waals surface area contributed by atoms with E-state index in [-0.39, 0.29) is 18.4 Å². The predicted octanol–water partition coefficient (Wildman–Crippen LogP) is 0.523. The molecule has 0 aromatic rings. The van der Waals surface area contributed by atoms with Crippen LogP contribution in [0.3, 0.4) is 0 Å². The summed E-state index contributed by atoms with van der Waals surface area (Å²) >= 11 is 0.